The molecule has 0 radical (unpaired) electrons. The average molecular weight is 417 g/mol. The van der Waals surface area contributed by atoms with Gasteiger partial charge in [-0.05, 0) is 43.7 Å². The number of hydrogen-bond donors (Lipinski definition) is 2. The fourth-order valence-electron chi connectivity index (χ4n) is 3.36. The molecule has 2 unspecified atom stereocenters. The van der Waals surface area contributed by atoms with Crippen LogP contribution in [0.5, 0.6) is 5.75 Å². The lowest BCUT2D eigenvalue weighted by atomic mass is 9.98. The Morgan fingerprint density at radius 3 is 2.60 bits per heavy atom. The Bertz CT molecular complexity index is 638. The summed E-state index contributed by atoms with van der Waals surface area (Å²) >= 11 is 0. The fourth-order valence-corrected chi connectivity index (χ4v) is 3.36. The van der Waals surface area contributed by atoms with Gasteiger partial charge in [-0.1, -0.05) is 63.2 Å². The Balaban J connectivity index is 0.000000539. The van der Waals surface area contributed by atoms with Crippen molar-refractivity contribution in [3.63, 3.8) is 0 Å². The Morgan fingerprint density at radius 2 is 2.00 bits per heavy atom. The standard InChI is InChI=1S/C21H30O2.C5H10O2/c1-4-6-7-8-9-10-11-12-16-20(22)18-15-13-17-21(23-3)19(18)14-5-2;6-5-3-1-2-4-7-5/h5,13,15,17,20,22H,2,4,6-11,14H2,1,3H3;5-6H,1-4H2. The first-order valence-corrected chi connectivity index (χ1v) is 11.4. The minimum Gasteiger partial charge on any atom is -0.496 e. The number of methoxy groups -OCH3 is 1. The Kier molecular flexibility index (Phi) is 14.8. The van der Waals surface area contributed by atoms with Crippen LogP contribution in [-0.4, -0.2) is 30.2 Å². The van der Waals surface area contributed by atoms with Crippen molar-refractivity contribution in [2.75, 3.05) is 13.7 Å². The maximum absolute atomic E-state index is 10.4. The molecule has 0 aromatic heterocycles. The highest BCUT2D eigenvalue weighted by atomic mass is 16.6. The van der Waals surface area contributed by atoms with Crippen LogP contribution in [0.2, 0.25) is 0 Å². The number of ether oxygens (including phenoxy) is 2. The zero-order valence-corrected chi connectivity index (χ0v) is 18.9. The predicted octanol–water partition coefficient (Wildman–Crippen LogP) is 5.72. The van der Waals surface area contributed by atoms with Crippen LogP contribution >= 0.6 is 0 Å². The molecule has 2 rings (SSSR count). The van der Waals surface area contributed by atoms with Crippen molar-refractivity contribution in [1.29, 1.82) is 0 Å². The molecule has 1 aliphatic heterocycles. The minimum atomic E-state index is -0.764. The molecule has 1 saturated heterocycles. The van der Waals surface area contributed by atoms with E-state index in [4.69, 9.17) is 14.6 Å². The van der Waals surface area contributed by atoms with Gasteiger partial charge in [0.1, 0.15) is 11.9 Å². The first kappa shape index (κ1) is 26.2. The van der Waals surface area contributed by atoms with Gasteiger partial charge in [-0.25, -0.2) is 0 Å². The molecular formula is C26H40O4. The lowest BCUT2D eigenvalue weighted by Gasteiger charge is -2.16. The Hall–Kier alpha value is -1.80. The van der Waals surface area contributed by atoms with Crippen LogP contribution in [0, 0.1) is 11.8 Å². The van der Waals surface area contributed by atoms with Gasteiger partial charge in [-0.2, -0.15) is 0 Å². The number of hydrogen-bond acceptors (Lipinski definition) is 4. The first-order chi connectivity index (χ1) is 14.6. The second-order valence-electron chi connectivity index (χ2n) is 7.58. The van der Waals surface area contributed by atoms with Crippen LogP contribution in [-0.2, 0) is 11.2 Å². The maximum Gasteiger partial charge on any atom is 0.154 e. The lowest BCUT2D eigenvalue weighted by molar-refractivity contribution is -0.123. The summed E-state index contributed by atoms with van der Waals surface area (Å²) in [6.45, 7) is 6.74. The Morgan fingerprint density at radius 1 is 1.23 bits per heavy atom. The number of aliphatic hydroxyl groups excluding tert-OH is 2. The van der Waals surface area contributed by atoms with Gasteiger partial charge >= 0.3 is 0 Å². The average Bonchev–Trinajstić information content (AvgIpc) is 2.77. The molecule has 0 amide bonds. The minimum absolute atomic E-state index is 0.464. The van der Waals surface area contributed by atoms with Crippen LogP contribution in [0.3, 0.4) is 0 Å². The zero-order valence-electron chi connectivity index (χ0n) is 18.9. The van der Waals surface area contributed by atoms with Crippen molar-refractivity contribution in [3.05, 3.63) is 42.0 Å². The summed E-state index contributed by atoms with van der Waals surface area (Å²) in [5.41, 5.74) is 1.78. The predicted molar refractivity (Wildman–Crippen MR) is 123 cm³/mol. The monoisotopic (exact) mass is 416 g/mol. The third-order valence-corrected chi connectivity index (χ3v) is 5.08. The summed E-state index contributed by atoms with van der Waals surface area (Å²) in [4.78, 5) is 0. The lowest BCUT2D eigenvalue weighted by Crippen LogP contribution is -2.17. The number of aliphatic hydroxyl groups is 2. The van der Waals surface area contributed by atoms with Crippen molar-refractivity contribution in [3.8, 4) is 17.6 Å². The summed E-state index contributed by atoms with van der Waals surface area (Å²) in [7, 11) is 1.64. The van der Waals surface area contributed by atoms with E-state index in [0.717, 1.165) is 55.6 Å². The van der Waals surface area contributed by atoms with Crippen molar-refractivity contribution in [2.45, 2.75) is 89.9 Å². The van der Waals surface area contributed by atoms with E-state index in [9.17, 15) is 5.11 Å². The van der Waals surface area contributed by atoms with Crippen molar-refractivity contribution < 1.29 is 19.7 Å². The first-order valence-electron chi connectivity index (χ1n) is 11.4. The van der Waals surface area contributed by atoms with E-state index >= 15 is 0 Å². The van der Waals surface area contributed by atoms with Gasteiger partial charge in [0.25, 0.3) is 0 Å². The van der Waals surface area contributed by atoms with E-state index in [1.165, 1.54) is 32.1 Å². The van der Waals surface area contributed by atoms with E-state index < -0.39 is 12.4 Å². The molecule has 0 aliphatic carbocycles. The van der Waals surface area contributed by atoms with Gasteiger partial charge in [0.15, 0.2) is 6.29 Å². The normalized spacial score (nSPS) is 16.5. The summed E-state index contributed by atoms with van der Waals surface area (Å²) in [5, 5.41) is 19.0. The van der Waals surface area contributed by atoms with Crippen LogP contribution in [0.25, 0.3) is 0 Å². The zero-order chi connectivity index (χ0) is 22.0. The molecule has 168 valence electrons. The molecule has 2 N–H and O–H groups in total. The number of allylic oxidation sites excluding steroid dienone is 1. The smallest absolute Gasteiger partial charge is 0.154 e. The summed E-state index contributed by atoms with van der Waals surface area (Å²) in [5.74, 6) is 6.86. The molecule has 1 aromatic rings. The van der Waals surface area contributed by atoms with E-state index in [1.807, 2.05) is 24.3 Å². The molecule has 1 aromatic carbocycles. The van der Waals surface area contributed by atoms with Crippen molar-refractivity contribution >= 4 is 0 Å². The maximum atomic E-state index is 10.4. The summed E-state index contributed by atoms with van der Waals surface area (Å²) in [6.07, 6.45) is 12.7. The molecule has 4 nitrogen and oxygen atoms in total. The third kappa shape index (κ3) is 10.8. The van der Waals surface area contributed by atoms with Gasteiger partial charge < -0.3 is 19.7 Å². The largest absolute Gasteiger partial charge is 0.496 e. The van der Waals surface area contributed by atoms with Gasteiger partial charge in [0.2, 0.25) is 0 Å². The molecule has 0 bridgehead atoms. The highest BCUT2D eigenvalue weighted by Crippen LogP contribution is 2.27. The van der Waals surface area contributed by atoms with Gasteiger partial charge in [0.05, 0.1) is 7.11 Å². The van der Waals surface area contributed by atoms with E-state index in [0.29, 0.717) is 6.42 Å². The Labute approximate surface area is 183 Å². The number of benzene rings is 1. The van der Waals surface area contributed by atoms with Crippen molar-refractivity contribution in [1.82, 2.24) is 0 Å². The topological polar surface area (TPSA) is 58.9 Å². The SMILES string of the molecule is C=CCc1c(OC)cccc1C(O)C#CCCCCCCCC.OC1CCCCO1. The van der Waals surface area contributed by atoms with Crippen LogP contribution in [0.4, 0.5) is 0 Å². The quantitative estimate of drug-likeness (QED) is 0.291. The van der Waals surface area contributed by atoms with Gasteiger partial charge in [-0.15, -0.1) is 12.5 Å². The molecule has 0 saturated carbocycles. The second-order valence-corrected chi connectivity index (χ2v) is 7.58. The molecule has 4 heteroatoms. The number of unbranched alkanes of at least 4 members (excludes halogenated alkanes) is 6. The highest BCUT2D eigenvalue weighted by molar-refractivity contribution is 5.44. The van der Waals surface area contributed by atoms with Crippen molar-refractivity contribution in [2.24, 2.45) is 0 Å². The van der Waals surface area contributed by atoms with E-state index in [1.54, 1.807) is 7.11 Å². The van der Waals surface area contributed by atoms with Crippen LogP contribution < -0.4 is 4.74 Å². The third-order valence-electron chi connectivity index (χ3n) is 5.08. The van der Waals surface area contributed by atoms with E-state index in [2.05, 4.69) is 25.3 Å². The summed E-state index contributed by atoms with van der Waals surface area (Å²) in [6, 6.07) is 5.70. The summed E-state index contributed by atoms with van der Waals surface area (Å²) < 4.78 is 10.2. The highest BCUT2D eigenvalue weighted by Gasteiger charge is 2.13. The molecule has 1 fully saturated rings. The van der Waals surface area contributed by atoms with Gasteiger partial charge in [-0.3, -0.25) is 0 Å². The van der Waals surface area contributed by atoms with Crippen LogP contribution in [0.15, 0.2) is 30.9 Å². The fraction of sp³-hybridized carbons (Fsp3) is 0.615. The van der Waals surface area contributed by atoms with Crippen LogP contribution in [0.1, 0.15) is 88.4 Å². The molecule has 1 heterocycles. The van der Waals surface area contributed by atoms with Gasteiger partial charge in [0, 0.05) is 18.6 Å². The molecular weight excluding hydrogens is 376 g/mol. The molecule has 30 heavy (non-hydrogen) atoms. The molecule has 0 spiro atoms. The van der Waals surface area contributed by atoms with E-state index in [-0.39, 0.29) is 0 Å². The number of rotatable bonds is 10. The molecule has 1 aliphatic rings. The second kappa shape index (κ2) is 16.9. The molecule has 2 atom stereocenters.